The number of aromatic nitrogens is 1. The molecular weight excluding hydrogens is 384 g/mol. The first-order chi connectivity index (χ1) is 9.32. The summed E-state index contributed by atoms with van der Waals surface area (Å²) >= 11 is 10.2. The van der Waals surface area contributed by atoms with Gasteiger partial charge in [-0.2, -0.15) is 4.31 Å². The van der Waals surface area contributed by atoms with Gasteiger partial charge in [0, 0.05) is 18.1 Å². The van der Waals surface area contributed by atoms with Crippen LogP contribution in [0.2, 0.25) is 4.47 Å². The zero-order valence-corrected chi connectivity index (χ0v) is 14.8. The number of benzene rings is 1. The molecular formula is C12H12BrClN2O2S2. The van der Waals surface area contributed by atoms with E-state index in [0.29, 0.717) is 5.69 Å². The van der Waals surface area contributed by atoms with Gasteiger partial charge in [0.2, 0.25) is 0 Å². The van der Waals surface area contributed by atoms with Crippen molar-refractivity contribution in [3.8, 4) is 0 Å². The summed E-state index contributed by atoms with van der Waals surface area (Å²) in [4.78, 5) is 3.95. The largest absolute Gasteiger partial charge is 0.254 e. The molecule has 1 heterocycles. The highest BCUT2D eigenvalue weighted by Crippen LogP contribution is 2.30. The van der Waals surface area contributed by atoms with Gasteiger partial charge in [-0.3, -0.25) is 0 Å². The second-order valence-corrected chi connectivity index (χ2v) is 8.87. The van der Waals surface area contributed by atoms with Gasteiger partial charge in [0.15, 0.2) is 8.68 Å². The summed E-state index contributed by atoms with van der Waals surface area (Å²) in [7, 11) is -2.04. The highest BCUT2D eigenvalue weighted by atomic mass is 79.9. The molecule has 0 spiro atoms. The van der Waals surface area contributed by atoms with Gasteiger partial charge in [-0.25, -0.2) is 13.4 Å². The van der Waals surface area contributed by atoms with E-state index in [-0.39, 0.29) is 15.2 Å². The molecule has 0 bridgehead atoms. The Bertz CT molecular complexity index is 731. The first-order valence-electron chi connectivity index (χ1n) is 5.65. The molecule has 2 rings (SSSR count). The van der Waals surface area contributed by atoms with Gasteiger partial charge in [0.05, 0.1) is 5.69 Å². The van der Waals surface area contributed by atoms with Crippen molar-refractivity contribution in [1.29, 1.82) is 0 Å². The average molecular weight is 396 g/mol. The van der Waals surface area contributed by atoms with Crippen LogP contribution in [0.15, 0.2) is 32.9 Å². The molecule has 0 aliphatic carbocycles. The number of rotatable bonds is 4. The van der Waals surface area contributed by atoms with Crippen LogP contribution < -0.4 is 0 Å². The number of hydrogen-bond donors (Lipinski definition) is 0. The molecule has 0 atom stereocenters. The number of aryl methyl sites for hydroxylation is 1. The summed E-state index contributed by atoms with van der Waals surface area (Å²) in [5, 5.41) is 0. The SMILES string of the molecule is Cc1nc(Cl)sc1S(=O)(=O)N(C)Cc1ccccc1Br. The zero-order valence-electron chi connectivity index (χ0n) is 10.8. The lowest BCUT2D eigenvalue weighted by atomic mass is 10.2. The molecule has 0 fully saturated rings. The van der Waals surface area contributed by atoms with Crippen LogP contribution in [0.1, 0.15) is 11.3 Å². The summed E-state index contributed by atoms with van der Waals surface area (Å²) < 4.78 is 27.6. The Morgan fingerprint density at radius 3 is 2.60 bits per heavy atom. The Morgan fingerprint density at radius 2 is 2.05 bits per heavy atom. The summed E-state index contributed by atoms with van der Waals surface area (Å²) in [6.07, 6.45) is 0. The highest BCUT2D eigenvalue weighted by Gasteiger charge is 2.26. The molecule has 4 nitrogen and oxygen atoms in total. The second kappa shape index (κ2) is 6.11. The van der Waals surface area contributed by atoms with E-state index in [1.165, 1.54) is 4.31 Å². The molecule has 8 heteroatoms. The molecule has 0 saturated carbocycles. The molecule has 108 valence electrons. The van der Waals surface area contributed by atoms with E-state index < -0.39 is 10.0 Å². The van der Waals surface area contributed by atoms with Gasteiger partial charge in [0.1, 0.15) is 0 Å². The standard InChI is InChI=1S/C12H12BrClN2O2S2/c1-8-11(19-12(14)15-8)20(17,18)16(2)7-9-5-3-4-6-10(9)13/h3-6H,7H2,1-2H3. The number of halogens is 2. The molecule has 1 aromatic carbocycles. The Kier molecular flexibility index (Phi) is 4.86. The lowest BCUT2D eigenvalue weighted by Gasteiger charge is -2.17. The molecule has 0 aliphatic rings. The molecule has 0 N–H and O–H groups in total. The van der Waals surface area contributed by atoms with Crippen LogP contribution >= 0.6 is 38.9 Å². The maximum absolute atomic E-state index is 12.5. The van der Waals surface area contributed by atoms with Gasteiger partial charge in [-0.05, 0) is 18.6 Å². The number of sulfonamides is 1. The molecule has 0 aliphatic heterocycles. The van der Waals surface area contributed by atoms with Crippen molar-refractivity contribution in [2.75, 3.05) is 7.05 Å². The minimum atomic E-state index is -3.58. The maximum Gasteiger partial charge on any atom is 0.254 e. The van der Waals surface area contributed by atoms with E-state index >= 15 is 0 Å². The highest BCUT2D eigenvalue weighted by molar-refractivity contribution is 9.10. The number of hydrogen-bond acceptors (Lipinski definition) is 4. The third-order valence-corrected chi connectivity index (χ3v) is 7.15. The summed E-state index contributed by atoms with van der Waals surface area (Å²) in [5.41, 5.74) is 1.32. The Labute approximate surface area is 135 Å². The van der Waals surface area contributed by atoms with Crippen molar-refractivity contribution >= 4 is 48.9 Å². The molecule has 2 aromatic rings. The maximum atomic E-state index is 12.5. The van der Waals surface area contributed by atoms with Crippen LogP contribution in [-0.4, -0.2) is 24.8 Å². The van der Waals surface area contributed by atoms with E-state index in [0.717, 1.165) is 21.4 Å². The zero-order chi connectivity index (χ0) is 14.9. The fraction of sp³-hybridized carbons (Fsp3) is 0.250. The van der Waals surface area contributed by atoms with Crippen LogP contribution in [0.4, 0.5) is 0 Å². The van der Waals surface area contributed by atoms with Crippen LogP contribution in [0.25, 0.3) is 0 Å². The smallest absolute Gasteiger partial charge is 0.229 e. The van der Waals surface area contributed by atoms with Crippen molar-refractivity contribution in [1.82, 2.24) is 9.29 Å². The van der Waals surface area contributed by atoms with E-state index in [1.807, 2.05) is 24.3 Å². The van der Waals surface area contributed by atoms with E-state index in [1.54, 1.807) is 14.0 Å². The molecule has 0 unspecified atom stereocenters. The third-order valence-electron chi connectivity index (χ3n) is 2.72. The molecule has 0 radical (unpaired) electrons. The second-order valence-electron chi connectivity index (χ2n) is 4.19. The van der Waals surface area contributed by atoms with Crippen molar-refractivity contribution in [2.24, 2.45) is 0 Å². The van der Waals surface area contributed by atoms with Crippen LogP contribution in [0.5, 0.6) is 0 Å². The normalized spacial score (nSPS) is 12.1. The van der Waals surface area contributed by atoms with E-state index in [9.17, 15) is 8.42 Å². The molecule has 20 heavy (non-hydrogen) atoms. The van der Waals surface area contributed by atoms with Gasteiger partial charge in [-0.15, -0.1) is 0 Å². The monoisotopic (exact) mass is 394 g/mol. The summed E-state index contributed by atoms with van der Waals surface area (Å²) in [6.45, 7) is 1.92. The van der Waals surface area contributed by atoms with Crippen molar-refractivity contribution in [3.05, 3.63) is 44.5 Å². The predicted molar refractivity (Wildman–Crippen MR) is 84.7 cm³/mol. The van der Waals surface area contributed by atoms with E-state index in [4.69, 9.17) is 11.6 Å². The fourth-order valence-corrected chi connectivity index (χ4v) is 5.17. The summed E-state index contributed by atoms with van der Waals surface area (Å²) in [5.74, 6) is 0. The molecule has 1 aromatic heterocycles. The minimum absolute atomic E-state index is 0.192. The van der Waals surface area contributed by atoms with Crippen molar-refractivity contribution in [2.45, 2.75) is 17.7 Å². The van der Waals surface area contributed by atoms with Crippen molar-refractivity contribution < 1.29 is 8.42 Å². The molecule has 0 saturated heterocycles. The first kappa shape index (κ1) is 15.9. The van der Waals surface area contributed by atoms with Crippen LogP contribution in [0, 0.1) is 6.92 Å². The fourth-order valence-electron chi connectivity index (χ4n) is 1.68. The Balaban J connectivity index is 2.31. The predicted octanol–water partition coefficient (Wildman–Crippen LogP) is 3.69. The summed E-state index contributed by atoms with van der Waals surface area (Å²) in [6, 6.07) is 7.51. The lowest BCUT2D eigenvalue weighted by molar-refractivity contribution is 0.467. The van der Waals surface area contributed by atoms with Gasteiger partial charge >= 0.3 is 0 Å². The Hall–Kier alpha value is -0.470. The van der Waals surface area contributed by atoms with Gasteiger partial charge in [0.25, 0.3) is 10.0 Å². The topological polar surface area (TPSA) is 50.3 Å². The number of nitrogens with zero attached hydrogens (tertiary/aromatic N) is 2. The lowest BCUT2D eigenvalue weighted by Crippen LogP contribution is -2.26. The van der Waals surface area contributed by atoms with E-state index in [2.05, 4.69) is 20.9 Å². The van der Waals surface area contributed by atoms with Crippen LogP contribution in [0.3, 0.4) is 0 Å². The average Bonchev–Trinajstić information content (AvgIpc) is 2.72. The third kappa shape index (κ3) is 3.23. The quantitative estimate of drug-likeness (QED) is 0.793. The van der Waals surface area contributed by atoms with Crippen LogP contribution in [-0.2, 0) is 16.6 Å². The Morgan fingerprint density at radius 1 is 1.40 bits per heavy atom. The first-order valence-corrected chi connectivity index (χ1v) is 9.08. The minimum Gasteiger partial charge on any atom is -0.229 e. The van der Waals surface area contributed by atoms with Gasteiger partial charge < -0.3 is 0 Å². The van der Waals surface area contributed by atoms with Crippen molar-refractivity contribution in [3.63, 3.8) is 0 Å². The number of thiazole rings is 1. The van der Waals surface area contributed by atoms with Gasteiger partial charge in [-0.1, -0.05) is 57.1 Å². The molecule has 0 amide bonds.